The lowest BCUT2D eigenvalue weighted by atomic mass is 10.1. The molecular formula is C16H20N2O. The first-order valence-corrected chi connectivity index (χ1v) is 6.55. The third-order valence-corrected chi connectivity index (χ3v) is 2.95. The average Bonchev–Trinajstić information content (AvgIpc) is 2.43. The van der Waals surface area contributed by atoms with Gasteiger partial charge in [0.2, 0.25) is 0 Å². The molecule has 1 N–H and O–H groups in total. The number of hydrogen-bond acceptors (Lipinski definition) is 3. The Kier molecular flexibility index (Phi) is 4.93. The van der Waals surface area contributed by atoms with Crippen LogP contribution in [-0.4, -0.2) is 18.6 Å². The number of rotatable bonds is 6. The van der Waals surface area contributed by atoms with E-state index < -0.39 is 0 Å². The van der Waals surface area contributed by atoms with Gasteiger partial charge in [-0.15, -0.1) is 0 Å². The van der Waals surface area contributed by atoms with Crippen molar-refractivity contribution >= 4 is 0 Å². The summed E-state index contributed by atoms with van der Waals surface area (Å²) in [6.07, 6.45) is 4.54. The Morgan fingerprint density at radius 1 is 1.26 bits per heavy atom. The number of hydrogen-bond donors (Lipinski definition) is 1. The molecule has 0 saturated carbocycles. The second-order valence-electron chi connectivity index (χ2n) is 4.60. The summed E-state index contributed by atoms with van der Waals surface area (Å²) >= 11 is 0. The number of pyridine rings is 1. The predicted molar refractivity (Wildman–Crippen MR) is 77.4 cm³/mol. The van der Waals surface area contributed by atoms with E-state index in [1.165, 1.54) is 16.7 Å². The lowest BCUT2D eigenvalue weighted by molar-refractivity contribution is 0.318. The molecule has 0 fully saturated rings. The molecule has 0 radical (unpaired) electrons. The van der Waals surface area contributed by atoms with Crippen LogP contribution < -0.4 is 10.1 Å². The van der Waals surface area contributed by atoms with Gasteiger partial charge in [-0.05, 0) is 31.7 Å². The summed E-state index contributed by atoms with van der Waals surface area (Å²) in [5, 5.41) is 3.17. The van der Waals surface area contributed by atoms with Crippen molar-refractivity contribution in [3.05, 3.63) is 59.4 Å². The van der Waals surface area contributed by atoms with Gasteiger partial charge in [-0.2, -0.15) is 0 Å². The minimum atomic E-state index is 0.672. The molecule has 0 aliphatic heterocycles. The molecule has 1 aromatic heterocycles. The van der Waals surface area contributed by atoms with Crippen LogP contribution in [0.5, 0.6) is 5.75 Å². The van der Waals surface area contributed by atoms with Crippen molar-refractivity contribution in [2.24, 2.45) is 0 Å². The first-order valence-electron chi connectivity index (χ1n) is 6.55. The summed E-state index contributed by atoms with van der Waals surface area (Å²) in [6, 6.07) is 10.3. The molecule has 100 valence electrons. The summed E-state index contributed by atoms with van der Waals surface area (Å²) in [4.78, 5) is 4.10. The van der Waals surface area contributed by atoms with E-state index in [-0.39, 0.29) is 0 Å². The highest BCUT2D eigenvalue weighted by Gasteiger charge is 2.03. The normalized spacial score (nSPS) is 10.4. The monoisotopic (exact) mass is 256 g/mol. The summed E-state index contributed by atoms with van der Waals surface area (Å²) in [7, 11) is 1.95. The van der Waals surface area contributed by atoms with Crippen molar-refractivity contribution in [1.82, 2.24) is 10.3 Å². The number of nitrogens with one attached hydrogen (secondary N) is 1. The van der Waals surface area contributed by atoms with Gasteiger partial charge in [0.1, 0.15) is 5.75 Å². The van der Waals surface area contributed by atoms with Gasteiger partial charge in [-0.25, -0.2) is 0 Å². The van der Waals surface area contributed by atoms with E-state index in [2.05, 4.69) is 35.4 Å². The quantitative estimate of drug-likeness (QED) is 0.863. The van der Waals surface area contributed by atoms with Crippen molar-refractivity contribution < 1.29 is 4.74 Å². The highest BCUT2D eigenvalue weighted by Crippen LogP contribution is 2.20. The number of ether oxygens (including phenoxy) is 1. The summed E-state index contributed by atoms with van der Waals surface area (Å²) < 4.78 is 5.88. The molecule has 1 heterocycles. The molecule has 0 amide bonds. The molecule has 0 aliphatic carbocycles. The Morgan fingerprint density at radius 3 is 2.89 bits per heavy atom. The van der Waals surface area contributed by atoms with Crippen LogP contribution in [0.3, 0.4) is 0 Å². The zero-order valence-corrected chi connectivity index (χ0v) is 11.5. The van der Waals surface area contributed by atoms with Crippen LogP contribution >= 0.6 is 0 Å². The standard InChI is InChI=1S/C16H20N2O/c1-13-5-6-16(15(10-13)12-17-2)19-9-7-14-4-3-8-18-11-14/h3-6,8,10-11,17H,7,9,12H2,1-2H3. The molecule has 0 saturated heterocycles. The van der Waals surface area contributed by atoms with E-state index in [1.807, 2.05) is 25.4 Å². The Labute approximate surface area is 114 Å². The fourth-order valence-electron chi connectivity index (χ4n) is 2.00. The van der Waals surface area contributed by atoms with Gasteiger partial charge in [0.15, 0.2) is 0 Å². The number of nitrogens with zero attached hydrogens (tertiary/aromatic N) is 1. The van der Waals surface area contributed by atoms with E-state index in [4.69, 9.17) is 4.74 Å². The van der Waals surface area contributed by atoms with Crippen molar-refractivity contribution in [2.75, 3.05) is 13.7 Å². The molecule has 19 heavy (non-hydrogen) atoms. The van der Waals surface area contributed by atoms with Crippen LogP contribution in [0.4, 0.5) is 0 Å². The largest absolute Gasteiger partial charge is 0.493 e. The van der Waals surface area contributed by atoms with E-state index in [0.29, 0.717) is 6.61 Å². The Hall–Kier alpha value is -1.87. The maximum atomic E-state index is 5.88. The fraction of sp³-hybridized carbons (Fsp3) is 0.312. The molecule has 1 aromatic carbocycles. The first-order chi connectivity index (χ1) is 9.29. The fourth-order valence-corrected chi connectivity index (χ4v) is 2.00. The van der Waals surface area contributed by atoms with Crippen LogP contribution in [0.15, 0.2) is 42.7 Å². The Balaban J connectivity index is 1.95. The zero-order chi connectivity index (χ0) is 13.5. The van der Waals surface area contributed by atoms with Gasteiger partial charge in [0, 0.05) is 30.9 Å². The van der Waals surface area contributed by atoms with Crippen molar-refractivity contribution in [3.63, 3.8) is 0 Å². The van der Waals surface area contributed by atoms with Gasteiger partial charge in [0.25, 0.3) is 0 Å². The highest BCUT2D eigenvalue weighted by molar-refractivity contribution is 5.36. The summed E-state index contributed by atoms with van der Waals surface area (Å²) in [5.41, 5.74) is 3.66. The molecule has 3 heteroatoms. The lowest BCUT2D eigenvalue weighted by Gasteiger charge is -2.12. The second-order valence-corrected chi connectivity index (χ2v) is 4.60. The first kappa shape index (κ1) is 13.6. The Morgan fingerprint density at radius 2 is 2.16 bits per heavy atom. The molecule has 2 rings (SSSR count). The number of aryl methyl sites for hydroxylation is 1. The van der Waals surface area contributed by atoms with E-state index in [1.54, 1.807) is 6.20 Å². The SMILES string of the molecule is CNCc1cc(C)ccc1OCCc1cccnc1. The number of benzene rings is 1. The van der Waals surface area contributed by atoms with Gasteiger partial charge < -0.3 is 10.1 Å². The average molecular weight is 256 g/mol. The molecule has 0 spiro atoms. The van der Waals surface area contributed by atoms with Crippen molar-refractivity contribution in [2.45, 2.75) is 19.9 Å². The molecule has 0 bridgehead atoms. The smallest absolute Gasteiger partial charge is 0.123 e. The van der Waals surface area contributed by atoms with E-state index >= 15 is 0 Å². The topological polar surface area (TPSA) is 34.1 Å². The number of aromatic nitrogens is 1. The highest BCUT2D eigenvalue weighted by atomic mass is 16.5. The van der Waals surface area contributed by atoms with Gasteiger partial charge in [0.05, 0.1) is 6.61 Å². The van der Waals surface area contributed by atoms with Gasteiger partial charge >= 0.3 is 0 Å². The summed E-state index contributed by atoms with van der Waals surface area (Å²) in [5.74, 6) is 0.962. The van der Waals surface area contributed by atoms with Crippen LogP contribution in [0.1, 0.15) is 16.7 Å². The molecule has 0 atom stereocenters. The van der Waals surface area contributed by atoms with Crippen molar-refractivity contribution in [3.8, 4) is 5.75 Å². The lowest BCUT2D eigenvalue weighted by Crippen LogP contribution is -2.09. The second kappa shape index (κ2) is 6.90. The van der Waals surface area contributed by atoms with Gasteiger partial charge in [-0.1, -0.05) is 23.8 Å². The van der Waals surface area contributed by atoms with Crippen LogP contribution in [-0.2, 0) is 13.0 Å². The maximum Gasteiger partial charge on any atom is 0.123 e. The third kappa shape index (κ3) is 4.07. The molecule has 3 nitrogen and oxygen atoms in total. The molecule has 0 aliphatic rings. The third-order valence-electron chi connectivity index (χ3n) is 2.95. The Bertz CT molecular complexity index is 511. The maximum absolute atomic E-state index is 5.88. The zero-order valence-electron chi connectivity index (χ0n) is 11.5. The van der Waals surface area contributed by atoms with E-state index in [0.717, 1.165) is 18.7 Å². The van der Waals surface area contributed by atoms with Gasteiger partial charge in [-0.3, -0.25) is 4.98 Å². The molecule has 2 aromatic rings. The minimum Gasteiger partial charge on any atom is -0.493 e. The molecule has 0 unspecified atom stereocenters. The predicted octanol–water partition coefficient (Wildman–Crippen LogP) is 2.73. The minimum absolute atomic E-state index is 0.672. The van der Waals surface area contributed by atoms with Crippen LogP contribution in [0.25, 0.3) is 0 Å². The molecular weight excluding hydrogens is 236 g/mol. The van der Waals surface area contributed by atoms with Crippen LogP contribution in [0.2, 0.25) is 0 Å². The van der Waals surface area contributed by atoms with E-state index in [9.17, 15) is 0 Å². The summed E-state index contributed by atoms with van der Waals surface area (Å²) in [6.45, 7) is 3.59. The van der Waals surface area contributed by atoms with Crippen molar-refractivity contribution in [1.29, 1.82) is 0 Å². The van der Waals surface area contributed by atoms with Crippen LogP contribution in [0, 0.1) is 6.92 Å².